The molecule has 1 heterocycles. The van der Waals surface area contributed by atoms with Gasteiger partial charge >= 0.3 is 0 Å². The SMILES string of the molecule is CC1(C)c2ccccc2-c2cccc(-c3ccc(N(c4cccc(-c5ccc6ccccc6c5)c4)c4ccc5c(c4)sc4ccccc45)cc3)c21. The lowest BCUT2D eigenvalue weighted by Gasteiger charge is -2.27. The van der Waals surface area contributed by atoms with Gasteiger partial charge in [-0.3, -0.25) is 0 Å². The van der Waals surface area contributed by atoms with Crippen molar-refractivity contribution in [2.24, 2.45) is 0 Å². The number of fused-ring (bicyclic) bond motifs is 7. The van der Waals surface area contributed by atoms with E-state index in [1.54, 1.807) is 0 Å². The first-order valence-corrected chi connectivity index (χ1v) is 18.5. The highest BCUT2D eigenvalue weighted by atomic mass is 32.1. The van der Waals surface area contributed by atoms with Gasteiger partial charge in [-0.25, -0.2) is 0 Å². The van der Waals surface area contributed by atoms with E-state index in [1.807, 2.05) is 11.3 Å². The number of benzene rings is 8. The summed E-state index contributed by atoms with van der Waals surface area (Å²) in [4.78, 5) is 2.41. The van der Waals surface area contributed by atoms with Crippen molar-refractivity contribution in [1.29, 1.82) is 0 Å². The van der Waals surface area contributed by atoms with Crippen LogP contribution in [0, 0.1) is 0 Å². The van der Waals surface area contributed by atoms with Crippen molar-refractivity contribution < 1.29 is 0 Å². The Morgan fingerprint density at radius 2 is 1.06 bits per heavy atom. The van der Waals surface area contributed by atoms with Gasteiger partial charge in [0, 0.05) is 42.6 Å². The van der Waals surface area contributed by atoms with Crippen molar-refractivity contribution in [1.82, 2.24) is 0 Å². The van der Waals surface area contributed by atoms with E-state index in [-0.39, 0.29) is 5.41 Å². The fraction of sp³-hybridized carbons (Fsp3) is 0.0612. The van der Waals surface area contributed by atoms with E-state index in [0.717, 1.165) is 17.1 Å². The summed E-state index contributed by atoms with van der Waals surface area (Å²) in [6.45, 7) is 4.73. The molecule has 0 saturated heterocycles. The topological polar surface area (TPSA) is 3.24 Å². The van der Waals surface area contributed by atoms with Crippen LogP contribution < -0.4 is 4.90 Å². The van der Waals surface area contributed by atoms with Crippen molar-refractivity contribution in [3.63, 3.8) is 0 Å². The molecule has 0 fully saturated rings. The minimum Gasteiger partial charge on any atom is -0.310 e. The third-order valence-electron chi connectivity index (χ3n) is 10.8. The van der Waals surface area contributed by atoms with Crippen molar-refractivity contribution in [3.05, 3.63) is 187 Å². The molecule has 0 unspecified atom stereocenters. The standard InChI is InChI=1S/C49H35NS/c1-49(2)45-19-7-5-15-41(45)44-18-10-17-40(48(44)49)33-23-25-37(26-24-33)50(39-27-28-43-42-16-6-8-20-46(42)51-47(43)31-39)38-14-9-13-35(30-38)36-22-21-32-11-3-4-12-34(32)29-36/h3-31H,1-2H3. The van der Waals surface area contributed by atoms with E-state index in [2.05, 4.69) is 195 Å². The van der Waals surface area contributed by atoms with E-state index in [9.17, 15) is 0 Å². The average molecular weight is 670 g/mol. The quantitative estimate of drug-likeness (QED) is 0.176. The average Bonchev–Trinajstić information content (AvgIpc) is 3.67. The fourth-order valence-corrected chi connectivity index (χ4v) is 9.51. The van der Waals surface area contributed by atoms with Gasteiger partial charge in [0.2, 0.25) is 0 Å². The molecule has 0 N–H and O–H groups in total. The second-order valence-electron chi connectivity index (χ2n) is 14.2. The molecule has 8 aromatic carbocycles. The van der Waals surface area contributed by atoms with E-state index in [0.29, 0.717) is 0 Å². The Morgan fingerprint density at radius 1 is 0.412 bits per heavy atom. The first-order chi connectivity index (χ1) is 25.0. The van der Waals surface area contributed by atoms with Gasteiger partial charge in [-0.05, 0) is 104 Å². The summed E-state index contributed by atoms with van der Waals surface area (Å²) in [5.41, 5.74) is 13.8. The summed E-state index contributed by atoms with van der Waals surface area (Å²) < 4.78 is 2.61. The van der Waals surface area contributed by atoms with Gasteiger partial charge < -0.3 is 4.90 Å². The molecule has 0 bridgehead atoms. The molecule has 0 aliphatic heterocycles. The molecule has 1 aromatic heterocycles. The van der Waals surface area contributed by atoms with E-state index in [4.69, 9.17) is 0 Å². The molecule has 242 valence electrons. The van der Waals surface area contributed by atoms with Crippen molar-refractivity contribution in [2.75, 3.05) is 4.90 Å². The molecule has 1 aliphatic rings. The lowest BCUT2D eigenvalue weighted by Crippen LogP contribution is -2.16. The van der Waals surface area contributed by atoms with Crippen LogP contribution in [0.2, 0.25) is 0 Å². The molecular formula is C49H35NS. The molecule has 0 atom stereocenters. The number of thiophene rings is 1. The summed E-state index contributed by atoms with van der Waals surface area (Å²) in [7, 11) is 0. The van der Waals surface area contributed by atoms with Crippen LogP contribution in [-0.2, 0) is 5.41 Å². The van der Waals surface area contributed by atoms with Crippen LogP contribution in [0.25, 0.3) is 64.3 Å². The van der Waals surface area contributed by atoms with Gasteiger partial charge in [0.1, 0.15) is 0 Å². The van der Waals surface area contributed by atoms with Crippen LogP contribution in [0.4, 0.5) is 17.1 Å². The zero-order chi connectivity index (χ0) is 34.1. The lowest BCUT2D eigenvalue weighted by molar-refractivity contribution is 0.662. The highest BCUT2D eigenvalue weighted by Crippen LogP contribution is 2.52. The molecule has 1 nitrogen and oxygen atoms in total. The predicted molar refractivity (Wildman–Crippen MR) is 220 cm³/mol. The number of nitrogens with zero attached hydrogens (tertiary/aromatic N) is 1. The molecule has 0 radical (unpaired) electrons. The minimum absolute atomic E-state index is 0.0733. The summed E-state index contributed by atoms with van der Waals surface area (Å²) in [5.74, 6) is 0. The van der Waals surface area contributed by atoms with Crippen molar-refractivity contribution in [2.45, 2.75) is 19.3 Å². The van der Waals surface area contributed by atoms with Crippen LogP contribution in [0.5, 0.6) is 0 Å². The summed E-state index contributed by atoms with van der Waals surface area (Å²) in [5, 5.41) is 5.13. The Bertz CT molecular complexity index is 2780. The van der Waals surface area contributed by atoms with Crippen LogP contribution in [-0.4, -0.2) is 0 Å². The molecule has 1 aliphatic carbocycles. The van der Waals surface area contributed by atoms with Crippen LogP contribution >= 0.6 is 11.3 Å². The maximum Gasteiger partial charge on any atom is 0.0476 e. The maximum absolute atomic E-state index is 2.41. The predicted octanol–water partition coefficient (Wildman–Crippen LogP) is 14.3. The van der Waals surface area contributed by atoms with Gasteiger partial charge in [0.05, 0.1) is 0 Å². The van der Waals surface area contributed by atoms with Crippen LogP contribution in [0.15, 0.2) is 176 Å². The van der Waals surface area contributed by atoms with Gasteiger partial charge in [-0.15, -0.1) is 11.3 Å². The van der Waals surface area contributed by atoms with Gasteiger partial charge in [-0.2, -0.15) is 0 Å². The zero-order valence-corrected chi connectivity index (χ0v) is 29.4. The molecule has 0 saturated carbocycles. The maximum atomic E-state index is 2.41. The molecule has 9 aromatic rings. The number of hydrogen-bond donors (Lipinski definition) is 0. The van der Waals surface area contributed by atoms with Gasteiger partial charge in [0.25, 0.3) is 0 Å². The molecule has 2 heteroatoms. The van der Waals surface area contributed by atoms with Gasteiger partial charge in [0.15, 0.2) is 0 Å². The van der Waals surface area contributed by atoms with E-state index >= 15 is 0 Å². The molecular weight excluding hydrogens is 635 g/mol. The fourth-order valence-electron chi connectivity index (χ4n) is 8.37. The van der Waals surface area contributed by atoms with Crippen LogP contribution in [0.3, 0.4) is 0 Å². The number of rotatable bonds is 5. The lowest BCUT2D eigenvalue weighted by atomic mass is 9.79. The molecule has 0 amide bonds. The summed E-state index contributed by atoms with van der Waals surface area (Å²) >= 11 is 1.86. The minimum atomic E-state index is -0.0733. The smallest absolute Gasteiger partial charge is 0.0476 e. The first-order valence-electron chi connectivity index (χ1n) is 17.7. The molecule has 51 heavy (non-hydrogen) atoms. The van der Waals surface area contributed by atoms with E-state index < -0.39 is 0 Å². The second kappa shape index (κ2) is 11.6. The Balaban J connectivity index is 1.11. The summed E-state index contributed by atoms with van der Waals surface area (Å²) in [6.07, 6.45) is 0. The third-order valence-corrected chi connectivity index (χ3v) is 12.0. The largest absolute Gasteiger partial charge is 0.310 e. The number of hydrogen-bond acceptors (Lipinski definition) is 2. The highest BCUT2D eigenvalue weighted by Gasteiger charge is 2.37. The highest BCUT2D eigenvalue weighted by molar-refractivity contribution is 7.25. The van der Waals surface area contributed by atoms with Crippen molar-refractivity contribution >= 4 is 59.3 Å². The van der Waals surface area contributed by atoms with Crippen LogP contribution in [0.1, 0.15) is 25.0 Å². The third kappa shape index (κ3) is 4.82. The Morgan fingerprint density at radius 3 is 1.96 bits per heavy atom. The van der Waals surface area contributed by atoms with Gasteiger partial charge in [-0.1, -0.05) is 141 Å². The first kappa shape index (κ1) is 29.9. The summed E-state index contributed by atoms with van der Waals surface area (Å²) in [6, 6.07) is 64.9. The van der Waals surface area contributed by atoms with E-state index in [1.165, 1.54) is 75.5 Å². The Labute approximate surface area is 302 Å². The Hall–Kier alpha value is -5.96. The van der Waals surface area contributed by atoms with Crippen molar-refractivity contribution in [3.8, 4) is 33.4 Å². The second-order valence-corrected chi connectivity index (χ2v) is 15.3. The Kier molecular flexibility index (Phi) is 6.78. The molecule has 10 rings (SSSR count). The molecule has 0 spiro atoms. The monoisotopic (exact) mass is 669 g/mol. The zero-order valence-electron chi connectivity index (χ0n) is 28.6. The normalized spacial score (nSPS) is 13.1. The number of anilines is 3.